The molecule has 3 aliphatic rings. The summed E-state index contributed by atoms with van der Waals surface area (Å²) in [4.78, 5) is 12.4. The van der Waals surface area contributed by atoms with E-state index in [0.29, 0.717) is 6.42 Å². The number of hydrogen-bond acceptors (Lipinski definition) is 3. The highest BCUT2D eigenvalue weighted by atomic mass is 16.6. The first-order valence-corrected chi connectivity index (χ1v) is 6.89. The molecule has 0 aromatic rings. The molecule has 2 heterocycles. The second-order valence-electron chi connectivity index (χ2n) is 6.66. The van der Waals surface area contributed by atoms with Crippen molar-refractivity contribution < 1.29 is 14.3 Å². The molecule has 0 radical (unpaired) electrons. The van der Waals surface area contributed by atoms with Crippen molar-refractivity contribution in [2.75, 3.05) is 0 Å². The van der Waals surface area contributed by atoms with Crippen molar-refractivity contribution in [3.8, 4) is 0 Å². The molecular weight excluding hydrogens is 228 g/mol. The van der Waals surface area contributed by atoms with Gasteiger partial charge in [0.25, 0.3) is 0 Å². The number of carbonyl (C=O) groups excluding carboxylic acids is 1. The van der Waals surface area contributed by atoms with Gasteiger partial charge in [-0.05, 0) is 46.1 Å². The third kappa shape index (κ3) is 1.94. The standard InChI is InChI=1S/C15H22O3/c1-9(2)10-7-13-14(3,18-13)6-5-12-15(4,17-12)8-11(10)16/h12-13H,5-8H2,1-4H3/t12-,13-,14+,15-/m0/s1. The zero-order chi connectivity index (χ0) is 13.1. The molecule has 2 aliphatic heterocycles. The average molecular weight is 250 g/mol. The topological polar surface area (TPSA) is 42.1 Å². The van der Waals surface area contributed by atoms with E-state index in [-0.39, 0.29) is 29.2 Å². The summed E-state index contributed by atoms with van der Waals surface area (Å²) in [6.07, 6.45) is 3.84. The fourth-order valence-electron chi connectivity index (χ4n) is 3.20. The van der Waals surface area contributed by atoms with Crippen LogP contribution in [0.3, 0.4) is 0 Å². The van der Waals surface area contributed by atoms with E-state index in [1.54, 1.807) is 0 Å². The predicted molar refractivity (Wildman–Crippen MR) is 68.4 cm³/mol. The molecule has 3 heteroatoms. The molecule has 100 valence electrons. The number of hydrogen-bond donors (Lipinski definition) is 0. The van der Waals surface area contributed by atoms with Crippen LogP contribution in [0, 0.1) is 0 Å². The minimum atomic E-state index is -0.212. The minimum Gasteiger partial charge on any atom is -0.366 e. The van der Waals surface area contributed by atoms with Crippen LogP contribution in [-0.2, 0) is 14.3 Å². The lowest BCUT2D eigenvalue weighted by molar-refractivity contribution is -0.116. The quantitative estimate of drug-likeness (QED) is 0.490. The van der Waals surface area contributed by atoms with Crippen molar-refractivity contribution in [2.45, 2.75) is 76.8 Å². The summed E-state index contributed by atoms with van der Waals surface area (Å²) in [5, 5.41) is 0. The lowest BCUT2D eigenvalue weighted by Gasteiger charge is -2.14. The fraction of sp³-hybridized carbons (Fsp3) is 0.800. The highest BCUT2D eigenvalue weighted by Gasteiger charge is 2.58. The lowest BCUT2D eigenvalue weighted by atomic mass is 9.85. The van der Waals surface area contributed by atoms with E-state index in [1.165, 1.54) is 0 Å². The van der Waals surface area contributed by atoms with Crippen LogP contribution in [0.2, 0.25) is 0 Å². The maximum absolute atomic E-state index is 12.4. The Bertz CT molecular complexity index is 435. The molecule has 3 nitrogen and oxygen atoms in total. The van der Waals surface area contributed by atoms with Crippen molar-refractivity contribution in [1.82, 2.24) is 0 Å². The number of ketones is 1. The van der Waals surface area contributed by atoms with Gasteiger partial charge >= 0.3 is 0 Å². The maximum Gasteiger partial charge on any atom is 0.161 e. The van der Waals surface area contributed by atoms with Gasteiger partial charge in [-0.2, -0.15) is 0 Å². The Hall–Kier alpha value is -0.670. The van der Waals surface area contributed by atoms with Gasteiger partial charge in [0, 0.05) is 12.8 Å². The van der Waals surface area contributed by atoms with Gasteiger partial charge in [-0.15, -0.1) is 0 Å². The van der Waals surface area contributed by atoms with Gasteiger partial charge in [-0.25, -0.2) is 0 Å². The zero-order valence-corrected chi connectivity index (χ0v) is 11.7. The molecule has 0 unspecified atom stereocenters. The molecule has 0 N–H and O–H groups in total. The Morgan fingerprint density at radius 1 is 1.17 bits per heavy atom. The Morgan fingerprint density at radius 2 is 1.83 bits per heavy atom. The van der Waals surface area contributed by atoms with Crippen LogP contribution in [0.5, 0.6) is 0 Å². The summed E-state index contributed by atoms with van der Waals surface area (Å²) < 4.78 is 11.6. The SMILES string of the molecule is CC(C)=C1C[C@@H]2O[C@]2(C)CC[C@@H]2O[C@@]2(C)CC1=O. The van der Waals surface area contributed by atoms with Crippen LogP contribution in [0.1, 0.15) is 53.4 Å². The number of carbonyl (C=O) groups is 1. The second-order valence-corrected chi connectivity index (χ2v) is 6.66. The summed E-state index contributed by atoms with van der Waals surface area (Å²) in [7, 11) is 0. The van der Waals surface area contributed by atoms with Crippen molar-refractivity contribution in [3.05, 3.63) is 11.1 Å². The van der Waals surface area contributed by atoms with Crippen LogP contribution in [0.4, 0.5) is 0 Å². The molecule has 0 aromatic carbocycles. The fourth-order valence-corrected chi connectivity index (χ4v) is 3.20. The molecule has 0 aromatic heterocycles. The van der Waals surface area contributed by atoms with Gasteiger partial charge < -0.3 is 9.47 Å². The summed E-state index contributed by atoms with van der Waals surface area (Å²) in [6, 6.07) is 0. The highest BCUT2D eigenvalue weighted by Crippen LogP contribution is 2.50. The van der Waals surface area contributed by atoms with Crippen LogP contribution in [0.25, 0.3) is 0 Å². The predicted octanol–water partition coefficient (Wildman–Crippen LogP) is 2.78. The van der Waals surface area contributed by atoms with Crippen molar-refractivity contribution in [2.24, 2.45) is 0 Å². The highest BCUT2D eigenvalue weighted by molar-refractivity contribution is 5.97. The average Bonchev–Trinajstić information content (AvgIpc) is 3.09. The number of fused-ring (bicyclic) bond motifs is 2. The second kappa shape index (κ2) is 3.67. The van der Waals surface area contributed by atoms with E-state index in [1.807, 2.05) is 13.8 Å². The van der Waals surface area contributed by atoms with Gasteiger partial charge in [0.1, 0.15) is 0 Å². The van der Waals surface area contributed by atoms with Gasteiger partial charge in [0.15, 0.2) is 5.78 Å². The van der Waals surface area contributed by atoms with Crippen LogP contribution >= 0.6 is 0 Å². The molecule has 2 saturated heterocycles. The summed E-state index contributed by atoms with van der Waals surface area (Å²) in [6.45, 7) is 8.26. The molecule has 4 atom stereocenters. The van der Waals surface area contributed by atoms with E-state index in [9.17, 15) is 4.79 Å². The van der Waals surface area contributed by atoms with Crippen LogP contribution in [-0.4, -0.2) is 29.2 Å². The normalized spacial score (nSPS) is 47.1. The first-order valence-electron chi connectivity index (χ1n) is 6.89. The van der Waals surface area contributed by atoms with E-state index in [4.69, 9.17) is 9.47 Å². The third-order valence-corrected chi connectivity index (χ3v) is 4.81. The largest absolute Gasteiger partial charge is 0.366 e. The van der Waals surface area contributed by atoms with E-state index in [2.05, 4.69) is 13.8 Å². The maximum atomic E-state index is 12.4. The number of ether oxygens (including phenoxy) is 2. The van der Waals surface area contributed by atoms with E-state index < -0.39 is 0 Å². The third-order valence-electron chi connectivity index (χ3n) is 4.81. The van der Waals surface area contributed by atoms with Crippen molar-refractivity contribution in [3.63, 3.8) is 0 Å². The monoisotopic (exact) mass is 250 g/mol. The Kier molecular flexibility index (Phi) is 2.52. The Balaban J connectivity index is 1.86. The molecule has 1 saturated carbocycles. The van der Waals surface area contributed by atoms with Crippen LogP contribution < -0.4 is 0 Å². The van der Waals surface area contributed by atoms with Gasteiger partial charge in [-0.3, -0.25) is 4.79 Å². The Labute approximate surface area is 109 Å². The van der Waals surface area contributed by atoms with Crippen molar-refractivity contribution in [1.29, 1.82) is 0 Å². The molecule has 1 aliphatic carbocycles. The smallest absolute Gasteiger partial charge is 0.161 e. The van der Waals surface area contributed by atoms with E-state index >= 15 is 0 Å². The van der Waals surface area contributed by atoms with Gasteiger partial charge in [0.2, 0.25) is 0 Å². The number of allylic oxidation sites excluding steroid dienone is 1. The molecule has 0 spiro atoms. The van der Waals surface area contributed by atoms with Gasteiger partial charge in [-0.1, -0.05) is 5.57 Å². The number of epoxide rings is 2. The molecular formula is C15H22O3. The van der Waals surface area contributed by atoms with Gasteiger partial charge in [0.05, 0.1) is 23.4 Å². The summed E-state index contributed by atoms with van der Waals surface area (Å²) >= 11 is 0. The first kappa shape index (κ1) is 12.4. The molecule has 0 amide bonds. The zero-order valence-electron chi connectivity index (χ0n) is 11.7. The van der Waals surface area contributed by atoms with E-state index in [0.717, 1.165) is 30.4 Å². The molecule has 3 fully saturated rings. The minimum absolute atomic E-state index is 0.0226. The molecule has 3 rings (SSSR count). The number of Topliss-reactive ketones (excluding diaryl/α,β-unsaturated/α-hetero) is 1. The summed E-state index contributed by atoms with van der Waals surface area (Å²) in [5.74, 6) is 0.250. The van der Waals surface area contributed by atoms with Crippen LogP contribution in [0.15, 0.2) is 11.1 Å². The van der Waals surface area contributed by atoms with Crippen molar-refractivity contribution >= 4 is 5.78 Å². The molecule has 0 bridgehead atoms. The molecule has 18 heavy (non-hydrogen) atoms. The first-order chi connectivity index (χ1) is 8.34. The number of rotatable bonds is 0. The lowest BCUT2D eigenvalue weighted by Crippen LogP contribution is -2.23. The Morgan fingerprint density at radius 3 is 2.50 bits per heavy atom. The summed E-state index contributed by atoms with van der Waals surface area (Å²) in [5.41, 5.74) is 1.85.